The van der Waals surface area contributed by atoms with Crippen LogP contribution in [-0.2, 0) is 9.59 Å². The minimum atomic E-state index is -0.926. The Kier molecular flexibility index (Phi) is 5.82. The number of anilines is 1. The minimum absolute atomic E-state index is 0.00565. The quantitative estimate of drug-likeness (QED) is 0.825. The van der Waals surface area contributed by atoms with E-state index in [0.717, 1.165) is 38.6 Å². The van der Waals surface area contributed by atoms with Crippen molar-refractivity contribution in [2.75, 3.05) is 11.9 Å². The highest BCUT2D eigenvalue weighted by atomic mass is 16.4. The molecule has 1 aliphatic carbocycles. The average molecular weight is 372 g/mol. The van der Waals surface area contributed by atoms with Gasteiger partial charge in [0.1, 0.15) is 0 Å². The molecule has 2 amide bonds. The minimum Gasteiger partial charge on any atom is -0.481 e. The summed E-state index contributed by atoms with van der Waals surface area (Å²) in [6.07, 6.45) is 6.04. The smallest absolute Gasteiger partial charge is 0.310 e. The molecule has 3 rings (SSSR count). The summed E-state index contributed by atoms with van der Waals surface area (Å²) in [5.74, 6) is -1.15. The second-order valence-corrected chi connectivity index (χ2v) is 7.94. The molecule has 27 heavy (non-hydrogen) atoms. The lowest BCUT2D eigenvalue weighted by Gasteiger charge is -2.33. The molecule has 1 aromatic rings. The van der Waals surface area contributed by atoms with Crippen LogP contribution in [0.2, 0.25) is 0 Å². The molecule has 0 spiro atoms. The summed E-state index contributed by atoms with van der Waals surface area (Å²) in [5, 5.41) is 12.3. The molecule has 1 heterocycles. The second kappa shape index (κ2) is 8.11. The van der Waals surface area contributed by atoms with Crippen LogP contribution in [0.25, 0.3) is 0 Å². The van der Waals surface area contributed by atoms with Gasteiger partial charge in [-0.1, -0.05) is 12.8 Å². The number of nitrogens with one attached hydrogen (secondary N) is 1. The number of carbonyl (C=O) groups is 3. The first-order chi connectivity index (χ1) is 12.9. The molecule has 1 saturated carbocycles. The Balaban J connectivity index is 1.61. The lowest BCUT2D eigenvalue weighted by atomic mass is 9.82. The molecule has 2 aliphatic rings. The van der Waals surface area contributed by atoms with Crippen LogP contribution in [0, 0.1) is 5.41 Å². The van der Waals surface area contributed by atoms with Gasteiger partial charge >= 0.3 is 5.97 Å². The molecular formula is C21H28N2O4. The number of carbonyl (C=O) groups excluding carboxylic acids is 2. The van der Waals surface area contributed by atoms with E-state index >= 15 is 0 Å². The van der Waals surface area contributed by atoms with Gasteiger partial charge in [-0.2, -0.15) is 0 Å². The van der Waals surface area contributed by atoms with Crippen LogP contribution >= 0.6 is 0 Å². The van der Waals surface area contributed by atoms with Gasteiger partial charge in [-0.05, 0) is 63.3 Å². The number of likely N-dealkylation sites (tertiary alicyclic amines) is 1. The summed E-state index contributed by atoms with van der Waals surface area (Å²) in [6, 6.07) is 7.12. The molecule has 2 N–H and O–H groups in total. The summed E-state index contributed by atoms with van der Waals surface area (Å²) >= 11 is 0. The topological polar surface area (TPSA) is 86.7 Å². The number of aliphatic carboxylic acids is 1. The summed E-state index contributed by atoms with van der Waals surface area (Å²) in [4.78, 5) is 38.5. The first-order valence-corrected chi connectivity index (χ1v) is 9.86. The van der Waals surface area contributed by atoms with E-state index in [-0.39, 0.29) is 24.3 Å². The van der Waals surface area contributed by atoms with Crippen LogP contribution < -0.4 is 5.32 Å². The first kappa shape index (κ1) is 19.4. The maximum absolute atomic E-state index is 12.7. The molecule has 1 saturated heterocycles. The Hall–Kier alpha value is -2.37. The lowest BCUT2D eigenvalue weighted by Crippen LogP contribution is -2.42. The van der Waals surface area contributed by atoms with E-state index in [1.165, 1.54) is 0 Å². The van der Waals surface area contributed by atoms with Crippen LogP contribution in [0.15, 0.2) is 24.3 Å². The number of carboxylic acids is 1. The van der Waals surface area contributed by atoms with Crippen molar-refractivity contribution >= 4 is 23.5 Å². The predicted molar refractivity (Wildman–Crippen MR) is 103 cm³/mol. The molecule has 1 atom stereocenters. The number of rotatable bonds is 5. The van der Waals surface area contributed by atoms with E-state index in [0.29, 0.717) is 24.1 Å². The van der Waals surface area contributed by atoms with Crippen molar-refractivity contribution in [3.05, 3.63) is 29.8 Å². The highest BCUT2D eigenvalue weighted by Gasteiger charge is 2.42. The SMILES string of the molecule is C[C@@H]1CCCCN1C(=O)c1ccc(NC(=O)CC2(C(=O)O)CCCC2)cc1. The molecular weight excluding hydrogens is 344 g/mol. The van der Waals surface area contributed by atoms with Gasteiger partial charge in [0.05, 0.1) is 5.41 Å². The van der Waals surface area contributed by atoms with Crippen molar-refractivity contribution in [3.8, 4) is 0 Å². The van der Waals surface area contributed by atoms with Gasteiger partial charge in [0, 0.05) is 30.3 Å². The summed E-state index contributed by atoms with van der Waals surface area (Å²) < 4.78 is 0. The van der Waals surface area contributed by atoms with Crippen LogP contribution in [0.1, 0.15) is 68.6 Å². The average Bonchev–Trinajstić information content (AvgIpc) is 3.12. The van der Waals surface area contributed by atoms with Crippen LogP contribution in [0.5, 0.6) is 0 Å². The van der Waals surface area contributed by atoms with Crippen molar-refractivity contribution in [2.45, 2.75) is 64.3 Å². The third-order valence-electron chi connectivity index (χ3n) is 5.99. The van der Waals surface area contributed by atoms with E-state index in [4.69, 9.17) is 0 Å². The van der Waals surface area contributed by atoms with Crippen LogP contribution in [0.4, 0.5) is 5.69 Å². The monoisotopic (exact) mass is 372 g/mol. The fourth-order valence-electron chi connectivity index (χ4n) is 4.29. The van der Waals surface area contributed by atoms with Crippen molar-refractivity contribution in [3.63, 3.8) is 0 Å². The normalized spacial score (nSPS) is 21.7. The number of hydrogen-bond donors (Lipinski definition) is 2. The van der Waals surface area contributed by atoms with Gasteiger partial charge in [0.2, 0.25) is 5.91 Å². The van der Waals surface area contributed by atoms with Gasteiger partial charge in [-0.3, -0.25) is 14.4 Å². The molecule has 1 aliphatic heterocycles. The first-order valence-electron chi connectivity index (χ1n) is 9.86. The molecule has 6 heteroatoms. The van der Waals surface area contributed by atoms with Crippen molar-refractivity contribution in [1.82, 2.24) is 4.90 Å². The standard InChI is InChI=1S/C21H28N2O4/c1-15-6-2-5-13-23(15)19(25)16-7-9-17(10-8-16)22-18(24)14-21(20(26)27)11-3-4-12-21/h7-10,15H,2-6,11-14H2,1H3,(H,22,24)(H,26,27)/t15-/m1/s1. The van der Waals surface area contributed by atoms with E-state index in [2.05, 4.69) is 12.2 Å². The maximum Gasteiger partial charge on any atom is 0.310 e. The third-order valence-corrected chi connectivity index (χ3v) is 5.99. The Labute approximate surface area is 159 Å². The number of hydrogen-bond acceptors (Lipinski definition) is 3. The van der Waals surface area contributed by atoms with E-state index in [1.54, 1.807) is 24.3 Å². The second-order valence-electron chi connectivity index (χ2n) is 7.94. The zero-order valence-corrected chi connectivity index (χ0v) is 15.9. The third kappa shape index (κ3) is 4.31. The Morgan fingerprint density at radius 2 is 1.78 bits per heavy atom. The highest BCUT2D eigenvalue weighted by molar-refractivity contribution is 5.97. The number of carboxylic acid groups (broad SMARTS) is 1. The van der Waals surface area contributed by atoms with Gasteiger partial charge in [-0.15, -0.1) is 0 Å². The molecule has 146 valence electrons. The number of benzene rings is 1. The van der Waals surface area contributed by atoms with E-state index < -0.39 is 11.4 Å². The molecule has 0 radical (unpaired) electrons. The summed E-state index contributed by atoms with van der Waals surface area (Å²) in [6.45, 7) is 2.86. The molecule has 0 aromatic heterocycles. The van der Waals surface area contributed by atoms with Gasteiger partial charge in [0.15, 0.2) is 0 Å². The Morgan fingerprint density at radius 1 is 1.11 bits per heavy atom. The fourth-order valence-corrected chi connectivity index (χ4v) is 4.29. The summed E-state index contributed by atoms with van der Waals surface area (Å²) in [7, 11) is 0. The van der Waals surface area contributed by atoms with Crippen molar-refractivity contribution < 1.29 is 19.5 Å². The van der Waals surface area contributed by atoms with Gasteiger partial charge < -0.3 is 15.3 Å². The zero-order valence-electron chi connectivity index (χ0n) is 15.9. The Bertz CT molecular complexity index is 707. The number of piperidine rings is 1. The fraction of sp³-hybridized carbons (Fsp3) is 0.571. The highest BCUT2D eigenvalue weighted by Crippen LogP contribution is 2.41. The number of nitrogens with zero attached hydrogens (tertiary/aromatic N) is 1. The molecule has 2 fully saturated rings. The maximum atomic E-state index is 12.7. The van der Waals surface area contributed by atoms with Crippen molar-refractivity contribution in [1.29, 1.82) is 0 Å². The number of amides is 2. The van der Waals surface area contributed by atoms with Gasteiger partial charge in [-0.25, -0.2) is 0 Å². The lowest BCUT2D eigenvalue weighted by molar-refractivity contribution is -0.150. The molecule has 6 nitrogen and oxygen atoms in total. The molecule has 1 aromatic carbocycles. The zero-order chi connectivity index (χ0) is 19.4. The van der Waals surface area contributed by atoms with Crippen LogP contribution in [0.3, 0.4) is 0 Å². The van der Waals surface area contributed by atoms with E-state index in [9.17, 15) is 19.5 Å². The molecule has 0 unspecified atom stereocenters. The molecule has 0 bridgehead atoms. The predicted octanol–water partition coefficient (Wildman–Crippen LogP) is 3.67. The Morgan fingerprint density at radius 3 is 2.37 bits per heavy atom. The van der Waals surface area contributed by atoms with Crippen LogP contribution in [-0.4, -0.2) is 40.4 Å². The summed E-state index contributed by atoms with van der Waals surface area (Å²) in [5.41, 5.74) is 0.269. The van der Waals surface area contributed by atoms with E-state index in [1.807, 2.05) is 4.90 Å². The largest absolute Gasteiger partial charge is 0.481 e. The van der Waals surface area contributed by atoms with Gasteiger partial charge in [0.25, 0.3) is 5.91 Å². The van der Waals surface area contributed by atoms with Crippen molar-refractivity contribution in [2.24, 2.45) is 5.41 Å².